The molecule has 3 nitrogen and oxygen atoms in total. The lowest BCUT2D eigenvalue weighted by molar-refractivity contribution is 0.0776. The normalized spacial score (nSPS) is 19.5. The number of fused-ring (bicyclic) bond motifs is 1. The van der Waals surface area contributed by atoms with Gasteiger partial charge in [0.25, 0.3) is 0 Å². The van der Waals surface area contributed by atoms with Crippen LogP contribution in [0.25, 0.3) is 0 Å². The standard InChI is InChI=1S/C12H15NO2/c1-7(2)11-9-6-8(3)4-5-10(9)13-12(14)15-11/h4-7,11H,1-3H3,(H,13,14). The third-order valence-electron chi connectivity index (χ3n) is 2.59. The fraction of sp³-hybridized carbons (Fsp3) is 0.417. The number of aryl methyl sites for hydroxylation is 1. The van der Waals surface area contributed by atoms with Gasteiger partial charge in [0.15, 0.2) is 0 Å². The molecule has 0 radical (unpaired) electrons. The maximum atomic E-state index is 11.3. The number of cyclic esters (lactones) is 1. The zero-order valence-corrected chi connectivity index (χ0v) is 9.20. The molecule has 1 aromatic carbocycles. The summed E-state index contributed by atoms with van der Waals surface area (Å²) in [5.41, 5.74) is 3.12. The molecule has 0 spiro atoms. The largest absolute Gasteiger partial charge is 0.441 e. The van der Waals surface area contributed by atoms with Crippen molar-refractivity contribution in [2.24, 2.45) is 5.92 Å². The van der Waals surface area contributed by atoms with Crippen LogP contribution in [-0.4, -0.2) is 6.09 Å². The smallest absolute Gasteiger partial charge is 0.412 e. The van der Waals surface area contributed by atoms with E-state index in [0.29, 0.717) is 0 Å². The topological polar surface area (TPSA) is 38.3 Å². The van der Waals surface area contributed by atoms with Crippen LogP contribution in [0, 0.1) is 12.8 Å². The van der Waals surface area contributed by atoms with Crippen molar-refractivity contribution in [1.82, 2.24) is 0 Å². The average Bonchev–Trinajstić information content (AvgIpc) is 2.17. The Balaban J connectivity index is 2.47. The number of benzene rings is 1. The van der Waals surface area contributed by atoms with E-state index in [4.69, 9.17) is 4.74 Å². The molecule has 0 bridgehead atoms. The lowest BCUT2D eigenvalue weighted by atomic mass is 9.95. The Morgan fingerprint density at radius 3 is 2.80 bits per heavy atom. The van der Waals surface area contributed by atoms with Crippen molar-refractivity contribution in [1.29, 1.82) is 0 Å². The Bertz CT molecular complexity index is 399. The van der Waals surface area contributed by atoms with Gasteiger partial charge in [0.1, 0.15) is 6.10 Å². The van der Waals surface area contributed by atoms with Gasteiger partial charge in [0.2, 0.25) is 0 Å². The summed E-state index contributed by atoms with van der Waals surface area (Å²) in [6, 6.07) is 5.99. The van der Waals surface area contributed by atoms with Gasteiger partial charge in [-0.2, -0.15) is 0 Å². The summed E-state index contributed by atoms with van der Waals surface area (Å²) in [7, 11) is 0. The predicted octanol–water partition coefficient (Wildman–Crippen LogP) is 3.25. The summed E-state index contributed by atoms with van der Waals surface area (Å²) in [6.45, 7) is 6.14. The van der Waals surface area contributed by atoms with E-state index in [0.717, 1.165) is 11.3 Å². The molecule has 1 amide bonds. The number of carbonyl (C=O) groups excluding carboxylic acids is 1. The Kier molecular flexibility index (Phi) is 2.39. The maximum absolute atomic E-state index is 11.3. The van der Waals surface area contributed by atoms with Crippen LogP contribution >= 0.6 is 0 Å². The van der Waals surface area contributed by atoms with Gasteiger partial charge in [-0.1, -0.05) is 31.5 Å². The average molecular weight is 205 g/mol. The van der Waals surface area contributed by atoms with Gasteiger partial charge in [-0.15, -0.1) is 0 Å². The van der Waals surface area contributed by atoms with Crippen molar-refractivity contribution in [3.05, 3.63) is 29.3 Å². The van der Waals surface area contributed by atoms with Gasteiger partial charge < -0.3 is 4.74 Å². The highest BCUT2D eigenvalue weighted by Crippen LogP contribution is 2.35. The molecule has 0 fully saturated rings. The Hall–Kier alpha value is -1.51. The molecule has 0 saturated heterocycles. The molecule has 0 aliphatic carbocycles. The van der Waals surface area contributed by atoms with Crippen LogP contribution < -0.4 is 5.32 Å². The molecule has 80 valence electrons. The minimum absolute atomic E-state index is 0.131. The Morgan fingerprint density at radius 1 is 1.40 bits per heavy atom. The first-order valence-electron chi connectivity index (χ1n) is 5.16. The predicted molar refractivity (Wildman–Crippen MR) is 58.9 cm³/mol. The summed E-state index contributed by atoms with van der Waals surface area (Å²) in [5, 5.41) is 2.71. The van der Waals surface area contributed by atoms with Crippen LogP contribution in [0.1, 0.15) is 31.1 Å². The first-order chi connectivity index (χ1) is 7.08. The minimum atomic E-state index is -0.356. The zero-order chi connectivity index (χ0) is 11.0. The summed E-state index contributed by atoms with van der Waals surface area (Å²) < 4.78 is 5.28. The second-order valence-corrected chi connectivity index (χ2v) is 4.29. The van der Waals surface area contributed by atoms with E-state index >= 15 is 0 Å². The van der Waals surface area contributed by atoms with Crippen molar-refractivity contribution in [3.8, 4) is 0 Å². The molecule has 3 heteroatoms. The number of ether oxygens (including phenoxy) is 1. The van der Waals surface area contributed by atoms with Crippen molar-refractivity contribution in [2.75, 3.05) is 5.32 Å². The summed E-state index contributed by atoms with van der Waals surface area (Å²) >= 11 is 0. The molecular formula is C12H15NO2. The quantitative estimate of drug-likeness (QED) is 0.764. The number of rotatable bonds is 1. The molecule has 1 N–H and O–H groups in total. The zero-order valence-electron chi connectivity index (χ0n) is 9.20. The van der Waals surface area contributed by atoms with Crippen LogP contribution in [-0.2, 0) is 4.74 Å². The number of carbonyl (C=O) groups is 1. The van der Waals surface area contributed by atoms with E-state index in [1.807, 2.05) is 19.1 Å². The molecule has 2 rings (SSSR count). The molecular weight excluding hydrogens is 190 g/mol. The highest BCUT2D eigenvalue weighted by atomic mass is 16.6. The Morgan fingerprint density at radius 2 is 2.13 bits per heavy atom. The van der Waals surface area contributed by atoms with Gasteiger partial charge in [-0.3, -0.25) is 5.32 Å². The molecule has 1 aliphatic heterocycles. The van der Waals surface area contributed by atoms with E-state index < -0.39 is 0 Å². The second kappa shape index (κ2) is 3.57. The van der Waals surface area contributed by atoms with E-state index in [1.54, 1.807) is 0 Å². The molecule has 15 heavy (non-hydrogen) atoms. The lowest BCUT2D eigenvalue weighted by Gasteiger charge is -2.29. The summed E-state index contributed by atoms with van der Waals surface area (Å²) in [5.74, 6) is 0.289. The van der Waals surface area contributed by atoms with Crippen molar-refractivity contribution in [3.63, 3.8) is 0 Å². The fourth-order valence-electron chi connectivity index (χ4n) is 1.84. The van der Waals surface area contributed by atoms with Gasteiger partial charge >= 0.3 is 6.09 Å². The Labute approximate surface area is 89.4 Å². The van der Waals surface area contributed by atoms with Crippen LogP contribution in [0.5, 0.6) is 0 Å². The van der Waals surface area contributed by atoms with Crippen LogP contribution in [0.15, 0.2) is 18.2 Å². The third-order valence-corrected chi connectivity index (χ3v) is 2.59. The van der Waals surface area contributed by atoms with E-state index in [1.165, 1.54) is 5.56 Å². The van der Waals surface area contributed by atoms with E-state index in [-0.39, 0.29) is 18.1 Å². The lowest BCUT2D eigenvalue weighted by Crippen LogP contribution is -2.27. The molecule has 0 aromatic heterocycles. The number of hydrogen-bond acceptors (Lipinski definition) is 2. The highest BCUT2D eigenvalue weighted by Gasteiger charge is 2.28. The maximum Gasteiger partial charge on any atom is 0.412 e. The fourth-order valence-corrected chi connectivity index (χ4v) is 1.84. The molecule has 1 aliphatic rings. The van der Waals surface area contributed by atoms with Crippen LogP contribution in [0.3, 0.4) is 0 Å². The van der Waals surface area contributed by atoms with Gasteiger partial charge in [0.05, 0.1) is 5.69 Å². The van der Waals surface area contributed by atoms with Gasteiger partial charge in [-0.05, 0) is 18.9 Å². The molecule has 1 heterocycles. The molecule has 1 unspecified atom stereocenters. The van der Waals surface area contributed by atoms with Crippen molar-refractivity contribution in [2.45, 2.75) is 26.9 Å². The summed E-state index contributed by atoms with van der Waals surface area (Å²) in [6.07, 6.45) is -0.487. The first-order valence-corrected chi connectivity index (χ1v) is 5.16. The highest BCUT2D eigenvalue weighted by molar-refractivity contribution is 5.88. The second-order valence-electron chi connectivity index (χ2n) is 4.29. The number of hydrogen-bond donors (Lipinski definition) is 1. The van der Waals surface area contributed by atoms with Gasteiger partial charge in [0, 0.05) is 5.56 Å². The monoisotopic (exact) mass is 205 g/mol. The van der Waals surface area contributed by atoms with Crippen LogP contribution in [0.4, 0.5) is 10.5 Å². The van der Waals surface area contributed by atoms with Crippen molar-refractivity contribution < 1.29 is 9.53 Å². The van der Waals surface area contributed by atoms with Crippen molar-refractivity contribution >= 4 is 11.8 Å². The van der Waals surface area contributed by atoms with Crippen LogP contribution in [0.2, 0.25) is 0 Å². The van der Waals surface area contributed by atoms with E-state index in [2.05, 4.69) is 25.2 Å². The summed E-state index contributed by atoms with van der Waals surface area (Å²) in [4.78, 5) is 11.3. The minimum Gasteiger partial charge on any atom is -0.441 e. The van der Waals surface area contributed by atoms with Gasteiger partial charge in [-0.25, -0.2) is 4.79 Å². The number of anilines is 1. The SMILES string of the molecule is Cc1ccc2c(c1)C(C(C)C)OC(=O)N2. The molecule has 0 saturated carbocycles. The first kappa shape index (κ1) is 10.0. The number of amides is 1. The molecule has 1 atom stereocenters. The molecule has 1 aromatic rings. The van der Waals surface area contributed by atoms with E-state index in [9.17, 15) is 4.79 Å². The number of nitrogens with one attached hydrogen (secondary N) is 1. The third kappa shape index (κ3) is 1.82.